The predicted molar refractivity (Wildman–Crippen MR) is 92.6 cm³/mol. The molecule has 3 aliphatic heterocycles. The average Bonchev–Trinajstić information content (AvgIpc) is 3.05. The maximum Gasteiger partial charge on any atom is 0.416 e. The zero-order chi connectivity index (χ0) is 19.5. The summed E-state index contributed by atoms with van der Waals surface area (Å²) in [7, 11) is 0. The van der Waals surface area contributed by atoms with E-state index in [9.17, 15) is 17.4 Å². The molecule has 0 spiro atoms. The van der Waals surface area contributed by atoms with E-state index in [4.69, 9.17) is 17.8 Å². The van der Waals surface area contributed by atoms with E-state index in [2.05, 4.69) is 0 Å². The van der Waals surface area contributed by atoms with Crippen LogP contribution >= 0.6 is 0 Å². The second-order valence-corrected chi connectivity index (χ2v) is 7.42. The van der Waals surface area contributed by atoms with Crippen molar-refractivity contribution in [1.82, 2.24) is 0 Å². The number of para-hydroxylation sites is 2. The van der Waals surface area contributed by atoms with E-state index >= 15 is 0 Å². The third-order valence-corrected chi connectivity index (χ3v) is 5.71. The van der Waals surface area contributed by atoms with Gasteiger partial charge in [0.15, 0.2) is 11.5 Å². The minimum atomic E-state index is -4.50. The summed E-state index contributed by atoms with van der Waals surface area (Å²) < 4.78 is 73.7. The Labute approximate surface area is 160 Å². The molecule has 0 aliphatic carbocycles. The van der Waals surface area contributed by atoms with E-state index in [0.717, 1.165) is 12.1 Å². The molecule has 10 heteroatoms. The van der Waals surface area contributed by atoms with Crippen LogP contribution in [0.5, 0.6) is 11.5 Å². The minimum Gasteiger partial charge on any atom is -0.453 e. The van der Waals surface area contributed by atoms with Crippen LogP contribution < -0.4 is 9.64 Å². The topological polar surface area (TPSA) is 57.2 Å². The largest absolute Gasteiger partial charge is 0.453 e. The number of anilines is 2. The summed E-state index contributed by atoms with van der Waals surface area (Å²) in [6.45, 7) is 0.375. The molecular formula is C18H14F3NO5S. The van der Waals surface area contributed by atoms with E-state index in [1.807, 2.05) is 0 Å². The van der Waals surface area contributed by atoms with E-state index in [-0.39, 0.29) is 24.7 Å². The first-order valence-corrected chi connectivity index (χ1v) is 9.53. The summed E-state index contributed by atoms with van der Waals surface area (Å²) in [4.78, 5) is 1.70. The molecule has 5 rings (SSSR count). The van der Waals surface area contributed by atoms with E-state index in [0.29, 0.717) is 11.4 Å². The number of hydrogen-bond donors (Lipinski definition) is 0. The van der Waals surface area contributed by atoms with Gasteiger partial charge in [0.2, 0.25) is 0 Å². The summed E-state index contributed by atoms with van der Waals surface area (Å²) in [5.74, 6) is 0.783. The standard InChI is InChI=1S/C18H14F3NO5S/c19-18(20,21)10-5-6-15-12(7-10)22(11-3-1-2-4-14(11)25-15)13-8-24-9-16-17(13)27-28(23)26-16/h1-7,13,16-17H,8-9H2/t13-,16?,17+,28?/m0/s1. The maximum absolute atomic E-state index is 13.3. The lowest BCUT2D eigenvalue weighted by Crippen LogP contribution is -2.54. The lowest BCUT2D eigenvalue weighted by atomic mass is 9.99. The molecule has 2 fully saturated rings. The van der Waals surface area contributed by atoms with Gasteiger partial charge in [0.25, 0.3) is 0 Å². The van der Waals surface area contributed by atoms with Crippen molar-refractivity contribution in [3.63, 3.8) is 0 Å². The first kappa shape index (κ1) is 17.9. The number of rotatable bonds is 1. The van der Waals surface area contributed by atoms with Crippen molar-refractivity contribution >= 4 is 22.7 Å². The van der Waals surface area contributed by atoms with Gasteiger partial charge >= 0.3 is 17.5 Å². The highest BCUT2D eigenvalue weighted by molar-refractivity contribution is 7.75. The van der Waals surface area contributed by atoms with Gasteiger partial charge in [-0.15, -0.1) is 0 Å². The molecule has 3 aliphatic rings. The fourth-order valence-corrected chi connectivity index (χ4v) is 4.55. The van der Waals surface area contributed by atoms with Crippen LogP contribution in [-0.4, -0.2) is 35.7 Å². The van der Waals surface area contributed by atoms with Crippen LogP contribution in [0.3, 0.4) is 0 Å². The number of benzene rings is 2. The third-order valence-electron chi connectivity index (χ3n) is 4.93. The van der Waals surface area contributed by atoms with E-state index < -0.39 is 41.4 Å². The van der Waals surface area contributed by atoms with Gasteiger partial charge in [-0.05, 0) is 30.3 Å². The number of halogens is 3. The number of hydrogen-bond acceptors (Lipinski definition) is 6. The summed E-state index contributed by atoms with van der Waals surface area (Å²) in [5, 5.41) is 0. The summed E-state index contributed by atoms with van der Waals surface area (Å²) >= 11 is -1.92. The van der Waals surface area contributed by atoms with Crippen LogP contribution in [0.25, 0.3) is 0 Å². The average molecular weight is 413 g/mol. The molecule has 2 saturated heterocycles. The number of fused-ring (bicyclic) bond motifs is 3. The van der Waals surface area contributed by atoms with E-state index in [1.54, 1.807) is 29.2 Å². The Morgan fingerprint density at radius 2 is 1.79 bits per heavy atom. The molecule has 0 aromatic heterocycles. The second-order valence-electron chi connectivity index (χ2n) is 6.62. The normalized spacial score (nSPS) is 28.9. The molecule has 0 N–H and O–H groups in total. The van der Waals surface area contributed by atoms with E-state index in [1.165, 1.54) is 6.07 Å². The number of nitrogens with zero attached hydrogens (tertiary/aromatic N) is 1. The van der Waals surface area contributed by atoms with Gasteiger partial charge in [-0.2, -0.15) is 17.4 Å². The SMILES string of the molecule is O=S1OC2COC[C@H](N3c4ccccc4Oc4ccc(C(F)(F)F)cc43)[C@H]2O1. The monoisotopic (exact) mass is 413 g/mol. The second kappa shape index (κ2) is 6.45. The quantitative estimate of drug-likeness (QED) is 0.711. The molecule has 2 unspecified atom stereocenters. The lowest BCUT2D eigenvalue weighted by molar-refractivity contribution is -0.137. The van der Waals surface area contributed by atoms with Crippen molar-refractivity contribution in [3.8, 4) is 11.5 Å². The molecule has 0 bridgehead atoms. The van der Waals surface area contributed by atoms with Crippen molar-refractivity contribution in [2.45, 2.75) is 24.4 Å². The highest BCUT2D eigenvalue weighted by atomic mass is 32.2. The molecule has 0 radical (unpaired) electrons. The van der Waals surface area contributed by atoms with Crippen LogP contribution in [-0.2, 0) is 30.6 Å². The molecule has 2 aromatic rings. The first-order valence-electron chi connectivity index (χ1n) is 8.53. The Morgan fingerprint density at radius 3 is 2.61 bits per heavy atom. The smallest absolute Gasteiger partial charge is 0.416 e. The number of alkyl halides is 3. The molecule has 6 nitrogen and oxygen atoms in total. The fourth-order valence-electron chi connectivity index (χ4n) is 3.70. The van der Waals surface area contributed by atoms with Gasteiger partial charge < -0.3 is 14.4 Å². The predicted octanol–water partition coefficient (Wildman–Crippen LogP) is 3.71. The molecule has 4 atom stereocenters. The lowest BCUT2D eigenvalue weighted by Gasteiger charge is -2.42. The fraction of sp³-hybridized carbons (Fsp3) is 0.333. The molecule has 0 saturated carbocycles. The van der Waals surface area contributed by atoms with Gasteiger partial charge in [0.1, 0.15) is 12.2 Å². The van der Waals surface area contributed by atoms with Crippen molar-refractivity contribution in [2.75, 3.05) is 18.1 Å². The van der Waals surface area contributed by atoms with Gasteiger partial charge in [-0.3, -0.25) is 8.37 Å². The van der Waals surface area contributed by atoms with Gasteiger partial charge in [-0.25, -0.2) is 0 Å². The highest BCUT2D eigenvalue weighted by Crippen LogP contribution is 2.50. The minimum absolute atomic E-state index is 0.172. The van der Waals surface area contributed by atoms with Gasteiger partial charge in [-0.1, -0.05) is 12.1 Å². The molecular weight excluding hydrogens is 399 g/mol. The zero-order valence-electron chi connectivity index (χ0n) is 14.2. The molecule has 28 heavy (non-hydrogen) atoms. The van der Waals surface area contributed by atoms with Crippen LogP contribution in [0.2, 0.25) is 0 Å². The summed E-state index contributed by atoms with van der Waals surface area (Å²) in [6, 6.07) is 9.79. The Hall–Kier alpha value is -2.14. The Bertz CT molecular complexity index is 953. The number of ether oxygens (including phenoxy) is 2. The summed E-state index contributed by atoms with van der Waals surface area (Å²) in [5.41, 5.74) is 0.0218. The Morgan fingerprint density at radius 1 is 1.00 bits per heavy atom. The molecule has 0 amide bonds. The Balaban J connectivity index is 1.65. The van der Waals surface area contributed by atoms with Crippen LogP contribution in [0.1, 0.15) is 5.56 Å². The highest BCUT2D eigenvalue weighted by Gasteiger charge is 2.48. The van der Waals surface area contributed by atoms with Crippen molar-refractivity contribution in [1.29, 1.82) is 0 Å². The van der Waals surface area contributed by atoms with Crippen LogP contribution in [0, 0.1) is 0 Å². The first-order chi connectivity index (χ1) is 13.4. The van der Waals surface area contributed by atoms with Crippen LogP contribution in [0.15, 0.2) is 42.5 Å². The Kier molecular flexibility index (Phi) is 4.13. The van der Waals surface area contributed by atoms with Gasteiger partial charge in [0, 0.05) is 0 Å². The maximum atomic E-state index is 13.3. The van der Waals surface area contributed by atoms with Crippen molar-refractivity contribution in [3.05, 3.63) is 48.0 Å². The third kappa shape index (κ3) is 2.87. The molecule has 2 aromatic carbocycles. The summed E-state index contributed by atoms with van der Waals surface area (Å²) in [6.07, 6.45) is -5.69. The zero-order valence-corrected chi connectivity index (χ0v) is 15.0. The van der Waals surface area contributed by atoms with Gasteiger partial charge in [0.05, 0.1) is 36.2 Å². The molecule has 148 valence electrons. The van der Waals surface area contributed by atoms with Crippen LogP contribution in [0.4, 0.5) is 24.5 Å². The molecule has 3 heterocycles. The van der Waals surface area contributed by atoms with Crippen molar-refractivity contribution < 1.29 is 35.2 Å². The van der Waals surface area contributed by atoms with Crippen molar-refractivity contribution in [2.24, 2.45) is 0 Å².